The van der Waals surface area contributed by atoms with Crippen LogP contribution in [0.3, 0.4) is 0 Å². The van der Waals surface area contributed by atoms with Crippen LogP contribution in [0.2, 0.25) is 0 Å². The number of aromatic hydroxyl groups is 1. The molecule has 0 aliphatic carbocycles. The molecule has 436 valence electrons. The number of carbonyl (C=O) groups excluding carboxylic acids is 7. The third kappa shape index (κ3) is 16.6. The van der Waals surface area contributed by atoms with Crippen LogP contribution in [0.1, 0.15) is 88.1 Å². The molecule has 7 unspecified atom stereocenters. The van der Waals surface area contributed by atoms with Crippen molar-refractivity contribution in [1.82, 2.24) is 41.1 Å². The summed E-state index contributed by atoms with van der Waals surface area (Å²) in [7, 11) is -3.86. The Hall–Kier alpha value is -7.44. The van der Waals surface area contributed by atoms with Crippen LogP contribution in [-0.2, 0) is 45.2 Å². The van der Waals surface area contributed by atoms with Gasteiger partial charge < -0.3 is 61.5 Å². The van der Waals surface area contributed by atoms with E-state index in [1.165, 1.54) is 26.0 Å². The summed E-state index contributed by atoms with van der Waals surface area (Å²) in [5.41, 5.74) is 4.48. The Balaban J connectivity index is 1.14. The van der Waals surface area contributed by atoms with Gasteiger partial charge in [-0.1, -0.05) is 80.4 Å². The minimum Gasteiger partial charge on any atom is -0.508 e. The number of fused-ring (bicyclic) bond motifs is 2. The van der Waals surface area contributed by atoms with E-state index < -0.39 is 119 Å². The molecule has 0 aromatic heterocycles. The normalized spacial score (nSPS) is 24.3. The van der Waals surface area contributed by atoms with Crippen LogP contribution in [0.4, 0.5) is 0 Å². The summed E-state index contributed by atoms with van der Waals surface area (Å²) in [6.45, 7) is 4.37. The molecule has 7 rings (SSSR count). The fourth-order valence-corrected chi connectivity index (χ4v) is 11.1. The number of benzene rings is 4. The maximum Gasteiger partial charge on any atom is 0.251 e. The van der Waals surface area contributed by atoms with E-state index in [4.69, 9.17) is 4.74 Å². The number of hydrogen-bond acceptors (Lipinski definition) is 14. The fourth-order valence-electron chi connectivity index (χ4n) is 10.3. The highest BCUT2D eigenvalue weighted by Gasteiger charge is 2.46. The maximum absolute atomic E-state index is 14.5. The lowest BCUT2D eigenvalue weighted by Crippen LogP contribution is -2.61. The quantitative estimate of drug-likeness (QED) is 0.0714. The second kappa shape index (κ2) is 27.8. The van der Waals surface area contributed by atoms with Crippen molar-refractivity contribution in [3.05, 3.63) is 108 Å². The molecule has 0 radical (unpaired) electrons. The largest absolute Gasteiger partial charge is 0.508 e. The number of aryl methyl sites for hydroxylation is 1. The van der Waals surface area contributed by atoms with E-state index >= 15 is 0 Å². The van der Waals surface area contributed by atoms with Gasteiger partial charge in [0.25, 0.3) is 5.91 Å². The molecule has 81 heavy (non-hydrogen) atoms. The molecule has 0 bridgehead atoms. The van der Waals surface area contributed by atoms with Crippen LogP contribution in [0.25, 0.3) is 22.3 Å². The Bertz CT molecular complexity index is 2960. The molecular formula is C58H74N8O14S. The van der Waals surface area contributed by atoms with Crippen LogP contribution in [0.5, 0.6) is 11.5 Å². The zero-order valence-corrected chi connectivity index (χ0v) is 46.7. The number of aliphatic hydroxyl groups is 3. The third-order valence-electron chi connectivity index (χ3n) is 14.7. The molecule has 0 spiro atoms. The molecule has 7 amide bonds. The fraction of sp³-hybridized carbons (Fsp3) is 0.466. The first-order valence-corrected chi connectivity index (χ1v) is 29.3. The van der Waals surface area contributed by atoms with Gasteiger partial charge in [-0.05, 0) is 117 Å². The van der Waals surface area contributed by atoms with Crippen molar-refractivity contribution >= 4 is 51.4 Å². The molecule has 4 aromatic carbocycles. The van der Waals surface area contributed by atoms with Crippen LogP contribution in [-0.4, -0.2) is 173 Å². The molecule has 10 N–H and O–H groups in total. The highest BCUT2D eigenvalue weighted by molar-refractivity contribution is 7.88. The van der Waals surface area contributed by atoms with Crippen molar-refractivity contribution in [2.75, 3.05) is 32.5 Å². The number of amides is 7. The highest BCUT2D eigenvalue weighted by atomic mass is 32.2. The summed E-state index contributed by atoms with van der Waals surface area (Å²) >= 11 is 0. The van der Waals surface area contributed by atoms with Gasteiger partial charge in [0.05, 0.1) is 31.2 Å². The van der Waals surface area contributed by atoms with Crippen molar-refractivity contribution < 1.29 is 67.1 Å². The molecular weight excluding hydrogens is 1060 g/mol. The number of rotatable bonds is 16. The molecule has 3 aliphatic rings. The van der Waals surface area contributed by atoms with Gasteiger partial charge in [-0.2, -0.15) is 0 Å². The molecule has 23 heteroatoms. The van der Waals surface area contributed by atoms with E-state index in [-0.39, 0.29) is 62.9 Å². The first kappa shape index (κ1) is 61.2. The molecule has 4 aromatic rings. The van der Waals surface area contributed by atoms with Crippen LogP contribution < -0.4 is 36.0 Å². The molecule has 0 saturated carbocycles. The summed E-state index contributed by atoms with van der Waals surface area (Å²) in [5, 5.41) is 56.0. The molecule has 3 heterocycles. The number of nitrogens with one attached hydrogen (secondary N) is 6. The van der Waals surface area contributed by atoms with Gasteiger partial charge in [-0.15, -0.1) is 0 Å². The Morgan fingerprint density at radius 3 is 1.81 bits per heavy atom. The lowest BCUT2D eigenvalue weighted by atomic mass is 9.99. The number of sulfonamides is 1. The first-order chi connectivity index (χ1) is 38.6. The average molecular weight is 1140 g/mol. The summed E-state index contributed by atoms with van der Waals surface area (Å²) < 4.78 is 33.1. The van der Waals surface area contributed by atoms with Gasteiger partial charge >= 0.3 is 0 Å². The topological polar surface area (TPSA) is 322 Å². The van der Waals surface area contributed by atoms with Crippen LogP contribution in [0, 0.1) is 0 Å². The SMILES string of the molecule is CCCCCOc1ccc(-c2ccc(-c3ccc(C(=O)N[C@H]4CCCNC(=O)C5C[C@H](NS(C)(=O)=O)CN5C(=O)C(C(C)O)NC(=O)C(CCc5ccc(O)cc5)NC(=O)C5C[C@@H](O)CN5C(=O)C(C(C)O)NC4=O)cc3)cc2)cc1. The first-order valence-electron chi connectivity index (χ1n) is 27.4. The maximum atomic E-state index is 14.5. The minimum atomic E-state index is -3.86. The van der Waals surface area contributed by atoms with Gasteiger partial charge in [0.15, 0.2) is 0 Å². The standard InChI is InChI=1S/C58H74N8O14S/c1-5-6-7-29-80-45-25-21-40(22-26-45)38-15-13-37(14-16-38)39-17-19-41(20-18-39)52(71)60-46-9-8-28-59-55(74)48-30-42(64-81(4,78)79)32-65(48)57(76)50(34(2)67)63-54(73)47(27-12-36-10-23-43(69)24-11-36)61-56(75)49-31-44(70)33-66(49)58(77)51(35(3)68)62-53(46)72/h10-11,13-26,34-35,42,44,46-51,64,67-70H,5-9,12,27-33H2,1-4H3,(H,59,74)(H,60,71)(H,61,75)(H,62,72)(H,63,73)/t34?,35?,42-,44+,46-,47?,48?,49?,50?,51?/m0/s1. The highest BCUT2D eigenvalue weighted by Crippen LogP contribution is 2.28. The Morgan fingerprint density at radius 2 is 1.25 bits per heavy atom. The van der Waals surface area contributed by atoms with Crippen molar-refractivity contribution in [2.45, 2.75) is 139 Å². The number of ether oxygens (including phenoxy) is 1. The van der Waals surface area contributed by atoms with E-state index in [1.807, 2.05) is 48.5 Å². The Kier molecular flexibility index (Phi) is 21.0. The van der Waals surface area contributed by atoms with Crippen molar-refractivity contribution in [1.29, 1.82) is 0 Å². The van der Waals surface area contributed by atoms with Crippen molar-refractivity contribution in [2.24, 2.45) is 0 Å². The number of hydrogen-bond donors (Lipinski definition) is 10. The number of aliphatic hydroxyl groups excluding tert-OH is 3. The van der Waals surface area contributed by atoms with Gasteiger partial charge in [0.2, 0.25) is 45.5 Å². The van der Waals surface area contributed by atoms with E-state index in [1.54, 1.807) is 36.4 Å². The van der Waals surface area contributed by atoms with E-state index in [9.17, 15) is 62.4 Å². The number of carbonyl (C=O) groups is 7. The molecule has 3 saturated heterocycles. The summed E-state index contributed by atoms with van der Waals surface area (Å²) in [6, 6.07) is 18.4. The average Bonchev–Trinajstić information content (AvgIpc) is 4.09. The zero-order valence-electron chi connectivity index (χ0n) is 45.9. The van der Waals surface area contributed by atoms with Gasteiger partial charge in [0.1, 0.15) is 47.8 Å². The molecule has 3 aliphatic heterocycles. The Morgan fingerprint density at radius 1 is 0.704 bits per heavy atom. The number of unbranched alkanes of at least 4 members (excludes halogenated alkanes) is 2. The number of phenols is 1. The van der Waals surface area contributed by atoms with Gasteiger partial charge in [-0.3, -0.25) is 33.6 Å². The van der Waals surface area contributed by atoms with E-state index in [0.717, 1.165) is 63.3 Å². The minimum absolute atomic E-state index is 0.00738. The number of phenolic OH excluding ortho intramolecular Hbond substituents is 1. The zero-order chi connectivity index (χ0) is 58.5. The van der Waals surface area contributed by atoms with Gasteiger partial charge in [-0.25, -0.2) is 13.1 Å². The summed E-state index contributed by atoms with van der Waals surface area (Å²) in [4.78, 5) is 102. The van der Waals surface area contributed by atoms with Crippen LogP contribution in [0.15, 0.2) is 97.1 Å². The van der Waals surface area contributed by atoms with E-state index in [2.05, 4.69) is 38.2 Å². The second-order valence-electron chi connectivity index (χ2n) is 21.1. The van der Waals surface area contributed by atoms with Crippen molar-refractivity contribution in [3.63, 3.8) is 0 Å². The van der Waals surface area contributed by atoms with E-state index in [0.29, 0.717) is 12.2 Å². The smallest absolute Gasteiger partial charge is 0.251 e. The van der Waals surface area contributed by atoms with Crippen molar-refractivity contribution in [3.8, 4) is 33.8 Å². The molecule has 10 atom stereocenters. The second-order valence-corrected chi connectivity index (χ2v) is 22.9. The van der Waals surface area contributed by atoms with Gasteiger partial charge in [0, 0.05) is 37.7 Å². The van der Waals surface area contributed by atoms with Crippen LogP contribution >= 0.6 is 0 Å². The predicted molar refractivity (Wildman–Crippen MR) is 299 cm³/mol. The summed E-state index contributed by atoms with van der Waals surface area (Å²) in [5.74, 6) is -5.33. The Labute approximate surface area is 471 Å². The predicted octanol–water partition coefficient (Wildman–Crippen LogP) is 1.63. The molecule has 3 fully saturated rings. The summed E-state index contributed by atoms with van der Waals surface area (Å²) in [6.07, 6.45) is -0.985. The monoisotopic (exact) mass is 1140 g/mol. The lowest BCUT2D eigenvalue weighted by Gasteiger charge is -2.32. The third-order valence-corrected chi connectivity index (χ3v) is 15.4. The number of nitrogens with zero attached hydrogens (tertiary/aromatic N) is 2. The lowest BCUT2D eigenvalue weighted by molar-refractivity contribution is -0.145. The molecule has 22 nitrogen and oxygen atoms in total.